The van der Waals surface area contributed by atoms with E-state index in [9.17, 15) is 13.2 Å². The lowest BCUT2D eigenvalue weighted by Crippen LogP contribution is -2.29. The zero-order valence-electron chi connectivity index (χ0n) is 13.3. The quantitative estimate of drug-likeness (QED) is 0.841. The zero-order valence-corrected chi connectivity index (χ0v) is 14.2. The number of fused-ring (bicyclic) bond motifs is 1. The summed E-state index contributed by atoms with van der Waals surface area (Å²) in [5.74, 6) is 1.45. The maximum absolute atomic E-state index is 12.3. The van der Waals surface area contributed by atoms with Crippen molar-refractivity contribution in [2.45, 2.75) is 26.1 Å². The number of pyridine rings is 1. The van der Waals surface area contributed by atoms with E-state index >= 15 is 0 Å². The number of hydrogen-bond donors (Lipinski definition) is 1. The summed E-state index contributed by atoms with van der Waals surface area (Å²) in [7, 11) is -3.34. The number of anilines is 1. The van der Waals surface area contributed by atoms with Gasteiger partial charge in [-0.2, -0.15) is 0 Å². The summed E-state index contributed by atoms with van der Waals surface area (Å²) in [4.78, 5) is 23.2. The van der Waals surface area contributed by atoms with Crippen LogP contribution >= 0.6 is 0 Å². The van der Waals surface area contributed by atoms with Crippen LogP contribution in [0.2, 0.25) is 0 Å². The summed E-state index contributed by atoms with van der Waals surface area (Å²) >= 11 is 0. The van der Waals surface area contributed by atoms with E-state index < -0.39 is 10.0 Å². The molecule has 3 heterocycles. The molecule has 0 bridgehead atoms. The fourth-order valence-electron chi connectivity index (χ4n) is 2.67. The first-order chi connectivity index (χ1) is 11.4. The number of hydrogen-bond acceptors (Lipinski definition) is 6. The van der Waals surface area contributed by atoms with E-state index in [0.717, 1.165) is 25.0 Å². The van der Waals surface area contributed by atoms with Crippen LogP contribution < -0.4 is 15.2 Å². The van der Waals surface area contributed by atoms with E-state index in [1.165, 1.54) is 6.07 Å². The lowest BCUT2D eigenvalue weighted by molar-refractivity contribution is 0.583. The average Bonchev–Trinajstić information content (AvgIpc) is 2.76. The Labute approximate surface area is 140 Å². The highest BCUT2D eigenvalue weighted by molar-refractivity contribution is 7.88. The molecule has 0 fully saturated rings. The van der Waals surface area contributed by atoms with Gasteiger partial charge >= 0.3 is 0 Å². The third-order valence-electron chi connectivity index (χ3n) is 3.77. The van der Waals surface area contributed by atoms with Crippen molar-refractivity contribution < 1.29 is 8.42 Å². The van der Waals surface area contributed by atoms with Gasteiger partial charge in [-0.05, 0) is 18.6 Å². The molecule has 128 valence electrons. The molecule has 0 spiro atoms. The second-order valence-corrected chi connectivity index (χ2v) is 7.54. The Kier molecular flexibility index (Phi) is 4.63. The predicted molar refractivity (Wildman–Crippen MR) is 90.1 cm³/mol. The molecule has 0 unspecified atom stereocenters. The van der Waals surface area contributed by atoms with E-state index in [1.54, 1.807) is 10.8 Å². The minimum Gasteiger partial charge on any atom is -0.349 e. The summed E-state index contributed by atoms with van der Waals surface area (Å²) in [6, 6.07) is 7.08. The van der Waals surface area contributed by atoms with Crippen LogP contribution in [0, 0.1) is 0 Å². The van der Waals surface area contributed by atoms with Crippen LogP contribution in [0.15, 0.2) is 35.3 Å². The SMILES string of the molecule is CS(=O)(=O)NCc1cc(=O)n2c(n1)CN(c1ccccn1)CCC2. The molecule has 2 aromatic heterocycles. The van der Waals surface area contributed by atoms with Gasteiger partial charge in [0, 0.05) is 25.4 Å². The Morgan fingerprint density at radius 1 is 1.29 bits per heavy atom. The van der Waals surface area contributed by atoms with E-state index in [2.05, 4.69) is 19.6 Å². The Bertz CT molecular complexity index is 880. The Hall–Kier alpha value is -2.26. The number of nitrogens with zero attached hydrogens (tertiary/aromatic N) is 4. The van der Waals surface area contributed by atoms with Crippen molar-refractivity contribution in [1.82, 2.24) is 19.3 Å². The van der Waals surface area contributed by atoms with Crippen molar-refractivity contribution in [3.8, 4) is 0 Å². The Balaban J connectivity index is 1.90. The van der Waals surface area contributed by atoms with E-state index in [4.69, 9.17) is 0 Å². The number of nitrogens with one attached hydrogen (secondary N) is 1. The molecular formula is C15H19N5O3S. The van der Waals surface area contributed by atoms with Crippen LogP contribution in [-0.4, -0.2) is 35.8 Å². The molecule has 0 saturated carbocycles. The monoisotopic (exact) mass is 349 g/mol. The van der Waals surface area contributed by atoms with Crippen molar-refractivity contribution in [2.24, 2.45) is 0 Å². The first-order valence-electron chi connectivity index (χ1n) is 7.63. The van der Waals surface area contributed by atoms with Crippen LogP contribution in [0.1, 0.15) is 17.9 Å². The van der Waals surface area contributed by atoms with Gasteiger partial charge < -0.3 is 4.90 Å². The first-order valence-corrected chi connectivity index (χ1v) is 9.52. The molecule has 8 nitrogen and oxygen atoms in total. The van der Waals surface area contributed by atoms with Crippen LogP contribution in [-0.2, 0) is 29.7 Å². The fourth-order valence-corrected chi connectivity index (χ4v) is 3.08. The van der Waals surface area contributed by atoms with Crippen LogP contribution in [0.25, 0.3) is 0 Å². The van der Waals surface area contributed by atoms with Gasteiger partial charge in [0.2, 0.25) is 10.0 Å². The van der Waals surface area contributed by atoms with Crippen molar-refractivity contribution in [2.75, 3.05) is 17.7 Å². The molecule has 24 heavy (non-hydrogen) atoms. The number of rotatable bonds is 4. The van der Waals surface area contributed by atoms with Gasteiger partial charge in [0.15, 0.2) is 0 Å². The number of aromatic nitrogens is 3. The molecular weight excluding hydrogens is 330 g/mol. The maximum atomic E-state index is 12.3. The van der Waals surface area contributed by atoms with Gasteiger partial charge in [-0.3, -0.25) is 9.36 Å². The lowest BCUT2D eigenvalue weighted by atomic mass is 10.3. The van der Waals surface area contributed by atoms with Crippen molar-refractivity contribution >= 4 is 15.8 Å². The zero-order chi connectivity index (χ0) is 17.2. The van der Waals surface area contributed by atoms with Crippen LogP contribution in [0.3, 0.4) is 0 Å². The molecule has 2 aromatic rings. The summed E-state index contributed by atoms with van der Waals surface area (Å²) in [6.07, 6.45) is 3.62. The molecule has 0 atom stereocenters. The largest absolute Gasteiger partial charge is 0.349 e. The molecule has 1 aliphatic rings. The van der Waals surface area contributed by atoms with E-state index in [-0.39, 0.29) is 12.1 Å². The molecule has 9 heteroatoms. The summed E-state index contributed by atoms with van der Waals surface area (Å²) < 4.78 is 26.5. The Morgan fingerprint density at radius 2 is 2.12 bits per heavy atom. The second-order valence-electron chi connectivity index (χ2n) is 5.71. The van der Waals surface area contributed by atoms with Gasteiger partial charge in [-0.1, -0.05) is 6.07 Å². The molecule has 1 N–H and O–H groups in total. The molecule has 0 aromatic carbocycles. The first kappa shape index (κ1) is 16.6. The molecule has 0 aliphatic carbocycles. The van der Waals surface area contributed by atoms with Crippen molar-refractivity contribution in [1.29, 1.82) is 0 Å². The smallest absolute Gasteiger partial charge is 0.253 e. The van der Waals surface area contributed by atoms with Crippen molar-refractivity contribution in [3.05, 3.63) is 52.3 Å². The van der Waals surface area contributed by atoms with Crippen LogP contribution in [0.5, 0.6) is 0 Å². The topological polar surface area (TPSA) is 97.2 Å². The summed E-state index contributed by atoms with van der Waals surface area (Å²) in [6.45, 7) is 1.82. The Morgan fingerprint density at radius 3 is 2.83 bits per heavy atom. The molecule has 1 aliphatic heterocycles. The highest BCUT2D eigenvalue weighted by Gasteiger charge is 2.18. The van der Waals surface area contributed by atoms with Crippen molar-refractivity contribution in [3.63, 3.8) is 0 Å². The van der Waals surface area contributed by atoms with Gasteiger partial charge in [-0.25, -0.2) is 23.1 Å². The molecule has 0 amide bonds. The normalized spacial score (nSPS) is 15.0. The van der Waals surface area contributed by atoms with Gasteiger partial charge in [0.05, 0.1) is 25.0 Å². The van der Waals surface area contributed by atoms with Crippen LogP contribution in [0.4, 0.5) is 5.82 Å². The molecule has 0 radical (unpaired) electrons. The lowest BCUT2D eigenvalue weighted by Gasteiger charge is -2.21. The third kappa shape index (κ3) is 3.98. The minimum absolute atomic E-state index is 0.00546. The standard InChI is InChI=1S/C15H19N5O3S/c1-24(22,23)17-10-12-9-15(21)20-8-4-7-19(11-14(20)18-12)13-5-2-3-6-16-13/h2-3,5-6,9,17H,4,7-8,10-11H2,1H3. The highest BCUT2D eigenvalue weighted by Crippen LogP contribution is 2.16. The maximum Gasteiger partial charge on any atom is 0.253 e. The molecule has 0 saturated heterocycles. The molecule has 3 rings (SSSR count). The average molecular weight is 349 g/mol. The highest BCUT2D eigenvalue weighted by atomic mass is 32.2. The summed E-state index contributed by atoms with van der Waals surface area (Å²) in [5, 5.41) is 0. The third-order valence-corrected chi connectivity index (χ3v) is 4.44. The van der Waals surface area contributed by atoms with E-state index in [1.807, 2.05) is 18.2 Å². The van der Waals surface area contributed by atoms with Gasteiger partial charge in [-0.15, -0.1) is 0 Å². The second kappa shape index (κ2) is 6.70. The summed E-state index contributed by atoms with van der Waals surface area (Å²) in [5.41, 5.74) is 0.257. The van der Waals surface area contributed by atoms with Gasteiger partial charge in [0.1, 0.15) is 11.6 Å². The fraction of sp³-hybridized carbons (Fsp3) is 0.400. The predicted octanol–water partition coefficient (Wildman–Crippen LogP) is 0.0978. The van der Waals surface area contributed by atoms with E-state index in [0.29, 0.717) is 24.6 Å². The minimum atomic E-state index is -3.34. The number of sulfonamides is 1. The van der Waals surface area contributed by atoms with Gasteiger partial charge in [0.25, 0.3) is 5.56 Å².